The van der Waals surface area contributed by atoms with Crippen molar-refractivity contribution in [2.75, 3.05) is 0 Å². The van der Waals surface area contributed by atoms with Crippen LogP contribution >= 0.6 is 45.3 Å². The summed E-state index contributed by atoms with van der Waals surface area (Å²) in [7, 11) is 0. The van der Waals surface area contributed by atoms with Gasteiger partial charge in [-0.3, -0.25) is 67.0 Å². The van der Waals surface area contributed by atoms with E-state index in [4.69, 9.17) is 20.0 Å². The van der Waals surface area contributed by atoms with E-state index in [-0.39, 0.29) is 59.6 Å². The maximum atomic E-state index is 12.1. The van der Waals surface area contributed by atoms with Crippen molar-refractivity contribution < 1.29 is 28.8 Å². The molecule has 16 rings (SSSR count). The highest BCUT2D eigenvalue weighted by Crippen LogP contribution is 2.45. The van der Waals surface area contributed by atoms with Crippen molar-refractivity contribution in [3.8, 4) is 20.0 Å². The summed E-state index contributed by atoms with van der Waals surface area (Å²) in [5, 5.41) is 38.9. The monoisotopic (exact) mass is 1600 g/mol. The largest absolute Gasteiger partial charge is 0.300 e. The number of fused-ring (bicyclic) bond motifs is 12. The summed E-state index contributed by atoms with van der Waals surface area (Å²) in [6.45, 7) is 38.7. The molecule has 8 aromatic heterocycles. The van der Waals surface area contributed by atoms with Gasteiger partial charge in [0.15, 0.2) is 34.9 Å². The molecule has 0 spiro atoms. The number of aromatic nitrogens is 12. The fourth-order valence-corrected chi connectivity index (χ4v) is 19.5. The number of carbonyl (C=O) groups excluding carboxylic acids is 6. The number of rotatable bonds is 16. The molecular weight excluding hydrogens is 1510 g/mol. The van der Waals surface area contributed by atoms with Gasteiger partial charge in [0.25, 0.3) is 0 Å². The maximum absolute atomic E-state index is 12.1. The van der Waals surface area contributed by atoms with Gasteiger partial charge in [-0.1, -0.05) is 116 Å². The van der Waals surface area contributed by atoms with Crippen LogP contribution < -0.4 is 0 Å². The molecule has 0 saturated carbocycles. The lowest BCUT2D eigenvalue weighted by atomic mass is 9.97. The van der Waals surface area contributed by atoms with Crippen LogP contribution in [0.4, 0.5) is 0 Å². The first-order valence-corrected chi connectivity index (χ1v) is 41.4. The van der Waals surface area contributed by atoms with Crippen LogP contribution in [0.1, 0.15) is 269 Å². The third-order valence-electron chi connectivity index (χ3n) is 21.2. The molecule has 4 atom stereocenters. The molecule has 4 aliphatic heterocycles. The molecule has 4 aliphatic rings. The van der Waals surface area contributed by atoms with Crippen LogP contribution in [-0.2, 0) is 25.6 Å². The molecule has 12 heterocycles. The molecule has 22 nitrogen and oxygen atoms in total. The molecular formula is C88H92N16O6S4. The zero-order chi connectivity index (χ0) is 81.7. The third-order valence-corrected chi connectivity index (χ3v) is 26.0. The molecule has 0 aliphatic carbocycles. The molecule has 0 amide bonds. The Balaban J connectivity index is 0.000000133. The molecule has 12 aromatic rings. The minimum Gasteiger partial charge on any atom is -0.300 e. The predicted molar refractivity (Wildman–Crippen MR) is 453 cm³/mol. The number of aryl methyl sites for hydroxylation is 10. The molecule has 4 aromatic carbocycles. The van der Waals surface area contributed by atoms with Crippen molar-refractivity contribution in [3.63, 3.8) is 0 Å². The number of hydrogen-bond acceptors (Lipinski definition) is 22. The van der Waals surface area contributed by atoms with Gasteiger partial charge in [-0.15, -0.1) is 86.1 Å². The lowest BCUT2D eigenvalue weighted by molar-refractivity contribution is -0.118. The lowest BCUT2D eigenvalue weighted by Crippen LogP contribution is -2.09. The van der Waals surface area contributed by atoms with Crippen LogP contribution in [0.15, 0.2) is 117 Å². The zero-order valence-corrected chi connectivity index (χ0v) is 71.3. The summed E-state index contributed by atoms with van der Waals surface area (Å²) < 4.78 is 8.25. The van der Waals surface area contributed by atoms with Gasteiger partial charge in [0, 0.05) is 107 Å². The van der Waals surface area contributed by atoms with E-state index >= 15 is 0 Å². The lowest BCUT2D eigenvalue weighted by Gasteiger charge is -2.11. The van der Waals surface area contributed by atoms with Gasteiger partial charge >= 0.3 is 0 Å². The number of hydrogen-bond donors (Lipinski definition) is 0. The van der Waals surface area contributed by atoms with Crippen LogP contribution in [0.3, 0.4) is 0 Å². The summed E-state index contributed by atoms with van der Waals surface area (Å²) >= 11 is 6.83. The smallest absolute Gasteiger partial charge is 0.163 e. The average molecular weight is 1600 g/mol. The summed E-state index contributed by atoms with van der Waals surface area (Å²) in [5.74, 6) is 6.51. The Kier molecular flexibility index (Phi) is 23.6. The van der Waals surface area contributed by atoms with Crippen LogP contribution in [0.5, 0.6) is 0 Å². The van der Waals surface area contributed by atoms with E-state index in [1.807, 2.05) is 92.3 Å². The number of nitrogens with zero attached hydrogens (tertiary/aromatic N) is 16. The highest BCUT2D eigenvalue weighted by Gasteiger charge is 2.37. The van der Waals surface area contributed by atoms with Crippen LogP contribution in [0.2, 0.25) is 0 Å². The zero-order valence-electron chi connectivity index (χ0n) is 68.0. The van der Waals surface area contributed by atoms with Crippen molar-refractivity contribution in [2.24, 2.45) is 20.0 Å². The topological polar surface area (TPSA) is 275 Å². The molecule has 114 heavy (non-hydrogen) atoms. The highest BCUT2D eigenvalue weighted by molar-refractivity contribution is 7.16. The Morgan fingerprint density at radius 2 is 0.570 bits per heavy atom. The normalized spacial score (nSPS) is 15.5. The third kappa shape index (κ3) is 15.8. The van der Waals surface area contributed by atoms with E-state index in [1.54, 1.807) is 80.0 Å². The van der Waals surface area contributed by atoms with E-state index in [1.165, 1.54) is 41.8 Å². The fourth-order valence-electron chi connectivity index (χ4n) is 14.7. The quantitative estimate of drug-likeness (QED) is 0.0814. The van der Waals surface area contributed by atoms with Gasteiger partial charge in [-0.25, -0.2) is 0 Å². The molecule has 584 valence electrons. The van der Waals surface area contributed by atoms with E-state index in [0.29, 0.717) is 42.0 Å². The number of thiophene rings is 4. The Bertz CT molecular complexity index is 5960. The fraction of sp³-hybridized carbons (Fsp3) is 0.341. The summed E-state index contributed by atoms with van der Waals surface area (Å²) in [4.78, 5) is 96.8. The van der Waals surface area contributed by atoms with Crippen molar-refractivity contribution >= 4 is 103 Å². The minimum absolute atomic E-state index is 0.0268. The van der Waals surface area contributed by atoms with Crippen molar-refractivity contribution in [1.29, 1.82) is 0 Å². The van der Waals surface area contributed by atoms with Crippen LogP contribution in [0, 0.1) is 90.0 Å². The van der Waals surface area contributed by atoms with Gasteiger partial charge < -0.3 is 0 Å². The molecule has 0 fully saturated rings. The van der Waals surface area contributed by atoms with Crippen LogP contribution in [0.25, 0.3) is 20.0 Å². The Hall–Kier alpha value is -11.1. The molecule has 0 saturated heterocycles. The number of benzene rings is 4. The van der Waals surface area contributed by atoms with Gasteiger partial charge in [-0.2, -0.15) is 0 Å². The van der Waals surface area contributed by atoms with E-state index < -0.39 is 12.1 Å². The Morgan fingerprint density at radius 3 is 0.807 bits per heavy atom. The molecule has 0 unspecified atom stereocenters. The van der Waals surface area contributed by atoms with Gasteiger partial charge in [0.1, 0.15) is 90.6 Å². The maximum Gasteiger partial charge on any atom is 0.163 e. The molecule has 26 heteroatoms. The predicted octanol–water partition coefficient (Wildman–Crippen LogP) is 18.2. The summed E-state index contributed by atoms with van der Waals surface area (Å²) in [6.07, 6.45) is 2.65. The second-order valence-corrected chi connectivity index (χ2v) is 34.4. The van der Waals surface area contributed by atoms with Crippen molar-refractivity contribution in [3.05, 3.63) is 252 Å². The van der Waals surface area contributed by atoms with E-state index in [2.05, 4.69) is 168 Å². The summed E-state index contributed by atoms with van der Waals surface area (Å²) in [6, 6.07) is 30.6. The highest BCUT2D eigenvalue weighted by atomic mass is 32.1. The van der Waals surface area contributed by atoms with E-state index in [0.717, 1.165) is 140 Å². The number of ketones is 6. The van der Waals surface area contributed by atoms with Gasteiger partial charge in [0.2, 0.25) is 0 Å². The first-order valence-electron chi connectivity index (χ1n) is 38.2. The van der Waals surface area contributed by atoms with Gasteiger partial charge in [0.05, 0.1) is 22.8 Å². The van der Waals surface area contributed by atoms with E-state index in [9.17, 15) is 28.8 Å². The number of Topliss-reactive ketones (excluding diaryl/α,β-unsaturated/α-hetero) is 6. The Morgan fingerprint density at radius 1 is 0.325 bits per heavy atom. The van der Waals surface area contributed by atoms with Gasteiger partial charge in [-0.05, 0) is 159 Å². The minimum atomic E-state index is -0.407. The second kappa shape index (κ2) is 33.2. The number of aliphatic imine (C=N–C) groups is 4. The van der Waals surface area contributed by atoms with Crippen molar-refractivity contribution in [1.82, 2.24) is 59.1 Å². The average Bonchev–Trinajstić information content (AvgIpc) is 1.61. The molecule has 0 bridgehead atoms. The first kappa shape index (κ1) is 81.0. The first-order chi connectivity index (χ1) is 54.3. The Labute approximate surface area is 679 Å². The van der Waals surface area contributed by atoms with Crippen molar-refractivity contribution in [2.45, 2.75) is 201 Å². The number of carbonyl (C=O) groups is 6. The van der Waals surface area contributed by atoms with Crippen LogP contribution in [-0.4, -0.2) is 117 Å². The standard InChI is InChI=1S/C23H24N4O2S.C22H22N4O2S.C22H24N4OS.C21H22N4OS/c1-6-19(29)16-7-9-17(10-8-16)21-20-13(3)14(4)30-23(20)27-15(5)25-26-22(27)18(24-21)11-12(2)28;1-11(27)10-18-21-25-24-15(5)26(21)22-19(12(2)14(4)29-22)20(23-18)17-8-6-16(7-9-17)13(3)28;1-6-16-7-9-17(10-8-16)20-19-13(3)14(4)28-22(19)26-15(5)24-25-21(26)18(23-20)11-12(2)27;1-11-6-8-16(9-7-11)19-18-13(3)14(4)27-21(18)25-15(5)23-24-20(25)17(22-19)10-12(2)26/h7-10,18H,6,11H2,1-5H3;6-9,18H,10H2,1-5H3;7-10,18H,6,11H2,1-5H3;6-9,17H,10H2,1-5H3/t3*18-;17-/m0000/s1. The SMILES string of the molecule is CC(=O)C[C@@H]1N=C(c2ccc(C(C)=O)cc2)c2c(sc(C)c2C)-n2c(C)nnc21.CC(=O)C[C@@H]1N=C(c2ccc(C)cc2)c2c(sc(C)c2C)-n2c(C)nnc21.CCC(=O)c1ccc(C2=N[C@@H](CC(C)=O)c3nnc(C)n3-c3sc(C)c(C)c32)cc1.CCc1ccc(C2=N[C@@H](CC(C)=O)c3nnc(C)n3-c3sc(C)c(C)c32)cc1. The molecule has 0 radical (unpaired) electrons. The summed E-state index contributed by atoms with van der Waals surface area (Å²) in [5.41, 5.74) is 20.5. The molecule has 0 N–H and O–H groups in total. The second-order valence-electron chi connectivity index (χ2n) is 29.6.